The molecule has 0 fully saturated rings. The topological polar surface area (TPSA) is 44.8 Å². The Balaban J connectivity index is 4.22. The van der Waals surface area contributed by atoms with Gasteiger partial charge in [-0.05, 0) is 5.92 Å². The zero-order valence-corrected chi connectivity index (χ0v) is 10.6. The lowest BCUT2D eigenvalue weighted by molar-refractivity contribution is -0.118. The van der Waals surface area contributed by atoms with Crippen LogP contribution in [0.1, 0.15) is 20.3 Å². The van der Waals surface area contributed by atoms with Gasteiger partial charge in [0.1, 0.15) is 5.78 Å². The predicted octanol–water partition coefficient (Wildman–Crippen LogP) is 1.48. The summed E-state index contributed by atoms with van der Waals surface area (Å²) in [7, 11) is 1.85. The molecule has 4 nitrogen and oxygen atoms in total. The molecule has 0 radical (unpaired) electrons. The van der Waals surface area contributed by atoms with Gasteiger partial charge in [-0.3, -0.25) is 4.79 Å². The molecule has 0 bridgehead atoms. The van der Waals surface area contributed by atoms with Gasteiger partial charge in [-0.15, -0.1) is 0 Å². The third-order valence-electron chi connectivity index (χ3n) is 1.98. The average molecular weight is 220 g/mol. The minimum atomic E-state index is -2.70. The summed E-state index contributed by atoms with van der Waals surface area (Å²) in [5.74, 6) is 0.497. The molecule has 0 atom stereocenters. The summed E-state index contributed by atoms with van der Waals surface area (Å²) in [6.07, 6.45) is 0.546. The first-order chi connectivity index (χ1) is 6.49. The standard InChI is InChI=1S/C9H20O4Si/c1-8(2)6-9(10)7-14(11-3,12-4)13-5/h8H,6-7H2,1-5H3. The van der Waals surface area contributed by atoms with Gasteiger partial charge in [0.2, 0.25) is 0 Å². The second kappa shape index (κ2) is 6.29. The van der Waals surface area contributed by atoms with E-state index in [4.69, 9.17) is 13.3 Å². The van der Waals surface area contributed by atoms with Gasteiger partial charge < -0.3 is 13.3 Å². The van der Waals surface area contributed by atoms with Crippen LogP contribution in [0.25, 0.3) is 0 Å². The molecule has 0 heterocycles. The lowest BCUT2D eigenvalue weighted by Gasteiger charge is -2.23. The molecule has 0 aliphatic carbocycles. The minimum Gasteiger partial charge on any atom is -0.377 e. The summed E-state index contributed by atoms with van der Waals surface area (Å²) in [5.41, 5.74) is 0. The second-order valence-electron chi connectivity index (χ2n) is 3.61. The predicted molar refractivity (Wildman–Crippen MR) is 56.1 cm³/mol. The van der Waals surface area contributed by atoms with Crippen LogP contribution < -0.4 is 0 Å². The first-order valence-electron chi connectivity index (χ1n) is 4.66. The van der Waals surface area contributed by atoms with Gasteiger partial charge in [-0.1, -0.05) is 13.8 Å². The summed E-state index contributed by atoms with van der Waals surface area (Å²) in [6, 6.07) is 0.259. The Morgan fingerprint density at radius 3 is 1.86 bits per heavy atom. The molecule has 14 heavy (non-hydrogen) atoms. The number of Topliss-reactive ketones (excluding diaryl/α,β-unsaturated/α-hetero) is 1. The summed E-state index contributed by atoms with van der Waals surface area (Å²) in [6.45, 7) is 4.01. The van der Waals surface area contributed by atoms with Crippen LogP contribution >= 0.6 is 0 Å². The maximum Gasteiger partial charge on any atom is 0.507 e. The average Bonchev–Trinajstić information content (AvgIpc) is 2.13. The Hall–Kier alpha value is -0.233. The van der Waals surface area contributed by atoms with Crippen molar-refractivity contribution >= 4 is 14.6 Å². The van der Waals surface area contributed by atoms with E-state index in [-0.39, 0.29) is 11.8 Å². The maximum absolute atomic E-state index is 11.5. The third-order valence-corrected chi connectivity index (χ3v) is 4.68. The van der Waals surface area contributed by atoms with Crippen LogP contribution in [0.3, 0.4) is 0 Å². The number of carbonyl (C=O) groups excluding carboxylic acids is 1. The number of ketones is 1. The van der Waals surface area contributed by atoms with Gasteiger partial charge in [-0.25, -0.2) is 0 Å². The van der Waals surface area contributed by atoms with Crippen molar-refractivity contribution < 1.29 is 18.1 Å². The maximum atomic E-state index is 11.5. The number of hydrogen-bond acceptors (Lipinski definition) is 4. The Morgan fingerprint density at radius 1 is 1.14 bits per heavy atom. The van der Waals surface area contributed by atoms with Crippen molar-refractivity contribution in [1.82, 2.24) is 0 Å². The van der Waals surface area contributed by atoms with Crippen molar-refractivity contribution in [2.45, 2.75) is 26.3 Å². The Morgan fingerprint density at radius 2 is 1.57 bits per heavy atom. The lowest BCUT2D eigenvalue weighted by Crippen LogP contribution is -2.44. The van der Waals surface area contributed by atoms with Gasteiger partial charge in [0, 0.05) is 27.8 Å². The fraction of sp³-hybridized carbons (Fsp3) is 0.889. The van der Waals surface area contributed by atoms with Crippen molar-refractivity contribution in [3.63, 3.8) is 0 Å². The van der Waals surface area contributed by atoms with Crippen molar-refractivity contribution in [3.05, 3.63) is 0 Å². The molecular weight excluding hydrogens is 200 g/mol. The number of carbonyl (C=O) groups is 1. The Kier molecular flexibility index (Phi) is 6.18. The molecule has 0 N–H and O–H groups in total. The summed E-state index contributed by atoms with van der Waals surface area (Å²) < 4.78 is 15.5. The highest BCUT2D eigenvalue weighted by molar-refractivity contribution is 6.64. The molecule has 0 aromatic carbocycles. The smallest absolute Gasteiger partial charge is 0.377 e. The summed E-state index contributed by atoms with van der Waals surface area (Å²) >= 11 is 0. The minimum absolute atomic E-state index is 0.136. The van der Waals surface area contributed by atoms with Crippen LogP contribution in [0.15, 0.2) is 0 Å². The molecule has 0 saturated heterocycles. The fourth-order valence-corrected chi connectivity index (χ4v) is 2.80. The van der Waals surface area contributed by atoms with Crippen LogP contribution in [0.4, 0.5) is 0 Å². The zero-order chi connectivity index (χ0) is 11.2. The monoisotopic (exact) mass is 220 g/mol. The first-order valence-corrected chi connectivity index (χ1v) is 6.60. The van der Waals surface area contributed by atoms with Crippen LogP contribution in [0.5, 0.6) is 0 Å². The SMILES string of the molecule is CO[Si](CC(=O)CC(C)C)(OC)OC. The van der Waals surface area contributed by atoms with E-state index >= 15 is 0 Å². The molecule has 0 aromatic heterocycles. The van der Waals surface area contributed by atoms with E-state index in [0.29, 0.717) is 12.3 Å². The second-order valence-corrected chi connectivity index (χ2v) is 6.55. The van der Waals surface area contributed by atoms with Crippen LogP contribution in [0, 0.1) is 5.92 Å². The molecule has 0 amide bonds. The van der Waals surface area contributed by atoms with Gasteiger partial charge >= 0.3 is 8.80 Å². The van der Waals surface area contributed by atoms with E-state index < -0.39 is 8.80 Å². The van der Waals surface area contributed by atoms with E-state index in [9.17, 15) is 4.79 Å². The first kappa shape index (κ1) is 13.8. The molecular formula is C9H20O4Si. The van der Waals surface area contributed by atoms with Crippen molar-refractivity contribution in [2.24, 2.45) is 5.92 Å². The van der Waals surface area contributed by atoms with Gasteiger partial charge in [0.15, 0.2) is 0 Å². The molecule has 0 unspecified atom stereocenters. The molecule has 0 saturated carbocycles. The van der Waals surface area contributed by atoms with E-state index in [1.165, 1.54) is 21.3 Å². The molecule has 5 heteroatoms. The van der Waals surface area contributed by atoms with Crippen LogP contribution in [-0.2, 0) is 18.1 Å². The zero-order valence-electron chi connectivity index (χ0n) is 9.62. The summed E-state index contributed by atoms with van der Waals surface area (Å²) in [5, 5.41) is 0. The van der Waals surface area contributed by atoms with Crippen molar-refractivity contribution in [2.75, 3.05) is 21.3 Å². The number of rotatable bonds is 7. The third kappa shape index (κ3) is 4.32. The van der Waals surface area contributed by atoms with Gasteiger partial charge in [0.25, 0.3) is 0 Å². The molecule has 0 aliphatic rings. The van der Waals surface area contributed by atoms with E-state index in [0.717, 1.165) is 0 Å². The summed E-state index contributed by atoms with van der Waals surface area (Å²) in [4.78, 5) is 11.5. The van der Waals surface area contributed by atoms with Crippen LogP contribution in [-0.4, -0.2) is 35.9 Å². The largest absolute Gasteiger partial charge is 0.507 e. The number of hydrogen-bond donors (Lipinski definition) is 0. The van der Waals surface area contributed by atoms with Crippen molar-refractivity contribution in [3.8, 4) is 0 Å². The Bertz CT molecular complexity index is 169. The van der Waals surface area contributed by atoms with E-state index in [1.807, 2.05) is 13.8 Å². The molecule has 0 spiro atoms. The van der Waals surface area contributed by atoms with Crippen LogP contribution in [0.2, 0.25) is 6.04 Å². The quantitative estimate of drug-likeness (QED) is 0.610. The Labute approximate surface area is 86.9 Å². The normalized spacial score (nSPS) is 12.1. The highest BCUT2D eigenvalue weighted by atomic mass is 28.4. The van der Waals surface area contributed by atoms with E-state index in [2.05, 4.69) is 0 Å². The fourth-order valence-electron chi connectivity index (χ4n) is 1.24. The molecule has 84 valence electrons. The highest BCUT2D eigenvalue weighted by Crippen LogP contribution is 2.15. The van der Waals surface area contributed by atoms with Crippen molar-refractivity contribution in [1.29, 1.82) is 0 Å². The lowest BCUT2D eigenvalue weighted by atomic mass is 10.1. The highest BCUT2D eigenvalue weighted by Gasteiger charge is 2.40. The molecule has 0 aliphatic heterocycles. The molecule has 0 rings (SSSR count). The van der Waals surface area contributed by atoms with E-state index in [1.54, 1.807) is 0 Å². The molecule has 0 aromatic rings. The van der Waals surface area contributed by atoms with Gasteiger partial charge in [-0.2, -0.15) is 0 Å². The van der Waals surface area contributed by atoms with Gasteiger partial charge in [0.05, 0.1) is 6.04 Å².